The van der Waals surface area contributed by atoms with Gasteiger partial charge in [-0.25, -0.2) is 13.0 Å². The number of anilines is 1. The zero-order valence-corrected chi connectivity index (χ0v) is 30.3. The van der Waals surface area contributed by atoms with E-state index in [1.807, 2.05) is 19.1 Å². The van der Waals surface area contributed by atoms with Crippen molar-refractivity contribution in [2.45, 2.75) is 63.4 Å². The third-order valence-electron chi connectivity index (χ3n) is 11.5. The van der Waals surface area contributed by atoms with Gasteiger partial charge in [-0.05, 0) is 97.7 Å². The summed E-state index contributed by atoms with van der Waals surface area (Å²) in [6, 6.07) is 11.4. The van der Waals surface area contributed by atoms with E-state index in [0.29, 0.717) is 37.2 Å². The minimum atomic E-state index is -3.38. The fraction of sp³-hybridized carbons (Fsp3) is 0.579. The highest BCUT2D eigenvalue weighted by Crippen LogP contribution is 2.47. The molecule has 6 atom stereocenters. The van der Waals surface area contributed by atoms with Gasteiger partial charge in [-0.2, -0.15) is 4.36 Å². The molecule has 12 heteroatoms. The van der Waals surface area contributed by atoms with Crippen LogP contribution in [0.4, 0.5) is 14.5 Å². The molecule has 0 radical (unpaired) electrons. The molecule has 2 amide bonds. The van der Waals surface area contributed by atoms with Crippen LogP contribution in [0.2, 0.25) is 5.02 Å². The lowest BCUT2D eigenvalue weighted by Gasteiger charge is -2.46. The average Bonchev–Trinajstić information content (AvgIpc) is 3.17. The maximum Gasteiger partial charge on any atom is 0.285 e. The number of ether oxygens (including phenoxy) is 2. The van der Waals surface area contributed by atoms with Gasteiger partial charge in [0, 0.05) is 55.0 Å². The number of rotatable bonds is 4. The summed E-state index contributed by atoms with van der Waals surface area (Å²) >= 11 is 6.44. The van der Waals surface area contributed by atoms with Crippen molar-refractivity contribution in [1.82, 2.24) is 4.90 Å². The number of aryl methyl sites for hydroxylation is 1. The molecule has 3 aliphatic heterocycles. The lowest BCUT2D eigenvalue weighted by atomic mass is 9.68. The number of nitrogens with zero attached hydrogens (tertiary/aromatic N) is 3. The topological polar surface area (TPSA) is 88.5 Å². The first-order valence-electron chi connectivity index (χ1n) is 17.8. The highest BCUT2D eigenvalue weighted by atomic mass is 35.5. The summed E-state index contributed by atoms with van der Waals surface area (Å²) < 4.78 is 57.6. The smallest absolute Gasteiger partial charge is 0.285 e. The molecule has 1 saturated heterocycles. The van der Waals surface area contributed by atoms with E-state index in [-0.39, 0.29) is 41.8 Å². The van der Waals surface area contributed by atoms with Gasteiger partial charge in [0.15, 0.2) is 0 Å². The number of benzene rings is 2. The minimum absolute atomic E-state index is 0.0246. The number of hydrogen-bond donors (Lipinski definition) is 0. The second-order valence-corrected chi connectivity index (χ2v) is 17.9. The van der Waals surface area contributed by atoms with Crippen LogP contribution in [0.3, 0.4) is 0 Å². The van der Waals surface area contributed by atoms with Crippen LogP contribution in [0.15, 0.2) is 52.9 Å². The molecular weight excluding hydrogens is 684 g/mol. The van der Waals surface area contributed by atoms with Crippen molar-refractivity contribution in [3.63, 3.8) is 0 Å². The first-order valence-corrected chi connectivity index (χ1v) is 20.0. The van der Waals surface area contributed by atoms with Crippen LogP contribution in [-0.2, 0) is 31.1 Å². The summed E-state index contributed by atoms with van der Waals surface area (Å²) in [7, 11) is -1.64. The number of methoxy groups -OCH3 is 1. The Morgan fingerprint density at radius 3 is 2.74 bits per heavy atom. The number of halogens is 3. The van der Waals surface area contributed by atoms with E-state index in [0.717, 1.165) is 49.4 Å². The summed E-state index contributed by atoms with van der Waals surface area (Å²) in [4.78, 5) is 30.7. The van der Waals surface area contributed by atoms with Crippen molar-refractivity contribution >= 4 is 38.8 Å². The van der Waals surface area contributed by atoms with E-state index in [2.05, 4.69) is 27.5 Å². The Labute approximate surface area is 298 Å². The van der Waals surface area contributed by atoms with E-state index in [9.17, 15) is 22.6 Å². The number of carbonyl (C=O) groups is 2. The van der Waals surface area contributed by atoms with Crippen molar-refractivity contribution in [2.75, 3.05) is 56.3 Å². The lowest BCUT2D eigenvalue weighted by molar-refractivity contribution is -0.138. The maximum absolute atomic E-state index is 14.4. The molecule has 2 bridgehead atoms. The van der Waals surface area contributed by atoms with Crippen LogP contribution in [0.25, 0.3) is 0 Å². The Bertz CT molecular complexity index is 1790. The van der Waals surface area contributed by atoms with Crippen molar-refractivity contribution in [1.29, 1.82) is 0 Å². The summed E-state index contributed by atoms with van der Waals surface area (Å²) in [5.74, 6) is -1.32. The number of fused-ring (bicyclic) bond motifs is 4. The Morgan fingerprint density at radius 2 is 2.00 bits per heavy atom. The van der Waals surface area contributed by atoms with E-state index >= 15 is 0 Å². The Kier molecular flexibility index (Phi) is 10.0. The van der Waals surface area contributed by atoms with E-state index < -0.39 is 39.6 Å². The monoisotopic (exact) mass is 729 g/mol. The molecule has 2 aromatic carbocycles. The number of likely N-dealkylation sites (tertiary alicyclic amines) is 1. The predicted molar refractivity (Wildman–Crippen MR) is 191 cm³/mol. The molecule has 3 heterocycles. The van der Waals surface area contributed by atoms with E-state index in [1.54, 1.807) is 25.3 Å². The molecule has 1 saturated carbocycles. The van der Waals surface area contributed by atoms with E-state index in [4.69, 9.17) is 21.1 Å². The van der Waals surface area contributed by atoms with Crippen LogP contribution in [0, 0.1) is 23.7 Å². The first-order chi connectivity index (χ1) is 24.0. The number of alkyl halides is 2. The van der Waals surface area contributed by atoms with Gasteiger partial charge in [0.1, 0.15) is 11.5 Å². The fourth-order valence-corrected chi connectivity index (χ4v) is 11.1. The highest BCUT2D eigenvalue weighted by Gasteiger charge is 2.44. The van der Waals surface area contributed by atoms with Gasteiger partial charge < -0.3 is 19.3 Å². The SMILES string of the molecule is CO[C@H]1/C=C/C[C@H](C)C[S@@](=O)(CC(=O)N2CC(C(F)F)C2)=NC(=O)c2ccc3c(c2)N(C[C@@H]2CC[C@H]21)C[C@@]1(CCCc2cc(Cl)ccc21)CO3. The summed E-state index contributed by atoms with van der Waals surface area (Å²) in [5.41, 5.74) is 3.28. The summed E-state index contributed by atoms with van der Waals surface area (Å²) in [6.45, 7) is 3.68. The molecule has 5 aliphatic rings. The molecule has 8 nitrogen and oxygen atoms in total. The fourth-order valence-electron chi connectivity index (χ4n) is 8.63. The maximum atomic E-state index is 14.4. The largest absolute Gasteiger partial charge is 0.490 e. The van der Waals surface area contributed by atoms with Gasteiger partial charge in [-0.15, -0.1) is 0 Å². The molecule has 0 unspecified atom stereocenters. The summed E-state index contributed by atoms with van der Waals surface area (Å²) in [6.07, 6.45) is 7.15. The van der Waals surface area contributed by atoms with Crippen molar-refractivity contribution in [2.24, 2.45) is 28.0 Å². The number of hydrogen-bond acceptors (Lipinski definition) is 6. The first kappa shape index (κ1) is 35.4. The second kappa shape index (κ2) is 14.2. The van der Waals surface area contributed by atoms with Crippen molar-refractivity contribution < 1.29 is 32.1 Å². The van der Waals surface area contributed by atoms with Gasteiger partial charge in [0.2, 0.25) is 12.3 Å². The van der Waals surface area contributed by atoms with Gasteiger partial charge in [-0.3, -0.25) is 9.59 Å². The van der Waals surface area contributed by atoms with Gasteiger partial charge in [0.25, 0.3) is 5.91 Å². The molecule has 2 aromatic rings. The van der Waals surface area contributed by atoms with Crippen molar-refractivity contribution in [3.8, 4) is 5.75 Å². The van der Waals surface area contributed by atoms with Gasteiger partial charge in [-0.1, -0.05) is 36.7 Å². The number of allylic oxidation sites excluding steroid dienone is 1. The normalized spacial score (nSPS) is 32.2. The number of amides is 2. The molecule has 270 valence electrons. The third kappa shape index (κ3) is 7.06. The van der Waals surface area contributed by atoms with Crippen LogP contribution in [0.1, 0.15) is 60.5 Å². The third-order valence-corrected chi connectivity index (χ3v) is 14.1. The van der Waals surface area contributed by atoms with E-state index in [1.165, 1.54) is 16.0 Å². The molecule has 2 aliphatic carbocycles. The van der Waals surface area contributed by atoms with Crippen LogP contribution in [-0.4, -0.2) is 84.9 Å². The van der Waals surface area contributed by atoms with Crippen molar-refractivity contribution in [3.05, 3.63) is 70.3 Å². The number of carbonyl (C=O) groups excluding carboxylic acids is 2. The lowest BCUT2D eigenvalue weighted by Crippen LogP contribution is -2.54. The average molecular weight is 730 g/mol. The quantitative estimate of drug-likeness (QED) is 0.323. The van der Waals surface area contributed by atoms with Crippen LogP contribution < -0.4 is 9.64 Å². The minimum Gasteiger partial charge on any atom is -0.490 e. The molecule has 2 fully saturated rings. The zero-order chi connectivity index (χ0) is 35.2. The highest BCUT2D eigenvalue weighted by molar-refractivity contribution is 7.94. The molecular formula is C38H46ClF2N3O5S. The van der Waals surface area contributed by atoms with Crippen LogP contribution >= 0.6 is 11.6 Å². The molecule has 1 spiro atoms. The van der Waals surface area contributed by atoms with Gasteiger partial charge in [0.05, 0.1) is 34.0 Å². The standard InChI is InChI=1S/C38H46ClF2N3O5S/c1-24-5-3-7-33(48-2)30-11-8-27(30)17-44-22-38(14-4-6-25-15-29(39)10-12-31(25)38)23-49-34-13-9-26(16-32(34)44)37(46)42-50(47,20-24)21-35(45)43-18-28(19-43)36(40)41/h3,7,9-10,12-13,15-16,24,27-28,30,33,36H,4-6,8,11,14,17-23H2,1-2H3/b7-3+/t24-,27-,30+,33-,38-,50+/m0/s1. The molecule has 7 rings (SSSR count). The van der Waals surface area contributed by atoms with Crippen LogP contribution in [0.5, 0.6) is 5.75 Å². The zero-order valence-electron chi connectivity index (χ0n) is 28.7. The predicted octanol–water partition coefficient (Wildman–Crippen LogP) is 6.78. The van der Waals surface area contributed by atoms with Gasteiger partial charge >= 0.3 is 0 Å². The Morgan fingerprint density at radius 1 is 1.18 bits per heavy atom. The molecule has 0 N–H and O–H groups in total. The second-order valence-electron chi connectivity index (χ2n) is 15.1. The Balaban J connectivity index is 1.27. The molecule has 50 heavy (non-hydrogen) atoms. The summed E-state index contributed by atoms with van der Waals surface area (Å²) in [5, 5.41) is 0.724. The molecule has 0 aromatic heterocycles. The Hall–Kier alpha value is -3.02.